The van der Waals surface area contributed by atoms with E-state index in [0.29, 0.717) is 0 Å². The van der Waals surface area contributed by atoms with Crippen LogP contribution in [-0.4, -0.2) is 6.71 Å². The lowest BCUT2D eigenvalue weighted by Crippen LogP contribution is -2.61. The van der Waals surface area contributed by atoms with Crippen LogP contribution in [0.25, 0.3) is 85.2 Å². The molecule has 0 bridgehead atoms. The van der Waals surface area contributed by atoms with Crippen molar-refractivity contribution in [2.24, 2.45) is 0 Å². The molecule has 0 atom stereocenters. The van der Waals surface area contributed by atoms with Gasteiger partial charge in [-0.1, -0.05) is 196 Å². The van der Waals surface area contributed by atoms with Crippen LogP contribution >= 0.6 is 22.7 Å². The van der Waals surface area contributed by atoms with Gasteiger partial charge in [-0.25, -0.2) is 0 Å². The number of hydrogen-bond donors (Lipinski definition) is 0. The Morgan fingerprint density at radius 3 is 1.16 bits per heavy atom. The highest BCUT2D eigenvalue weighted by molar-refractivity contribution is 7.22. The van der Waals surface area contributed by atoms with Gasteiger partial charge in [0.15, 0.2) is 0 Å². The van der Waals surface area contributed by atoms with Gasteiger partial charge in [-0.15, -0.1) is 22.7 Å². The maximum absolute atomic E-state index is 7.63. The molecule has 9 aromatic carbocycles. The van der Waals surface area contributed by atoms with Gasteiger partial charge in [0.1, 0.15) is 11.2 Å². The zero-order valence-electron chi connectivity index (χ0n) is 47.2. The Labute approximate surface area is 482 Å². The molecule has 7 heteroatoms. The molecule has 0 aliphatic carbocycles. The second-order valence-corrected chi connectivity index (χ2v) is 27.5. The van der Waals surface area contributed by atoms with Crippen molar-refractivity contribution < 1.29 is 8.83 Å². The maximum atomic E-state index is 7.63. The van der Waals surface area contributed by atoms with Gasteiger partial charge in [-0.3, -0.25) is 9.80 Å². The van der Waals surface area contributed by atoms with E-state index in [1.165, 1.54) is 52.1 Å². The molecule has 0 saturated carbocycles. The minimum absolute atomic E-state index is 0.123. The molecule has 13 aromatic rings. The van der Waals surface area contributed by atoms with Gasteiger partial charge in [0.25, 0.3) is 6.71 Å². The smallest absolute Gasteiger partial charge is 0.262 e. The molecule has 0 amide bonds. The summed E-state index contributed by atoms with van der Waals surface area (Å²) in [5, 5.41) is 4.72. The van der Waals surface area contributed by atoms with Gasteiger partial charge >= 0.3 is 0 Å². The normalized spacial score (nSPS) is 13.4. The largest absolute Gasteiger partial charge is 0.440 e. The second kappa shape index (κ2) is 18.1. The third-order valence-corrected chi connectivity index (χ3v) is 19.3. The summed E-state index contributed by atoms with van der Waals surface area (Å²) in [6.45, 7) is 20.6. The Bertz CT molecular complexity index is 4320. The molecule has 0 fully saturated rings. The molecule has 0 unspecified atom stereocenters. The highest BCUT2D eigenvalue weighted by Gasteiger charge is 2.50. The summed E-state index contributed by atoms with van der Waals surface area (Å²) in [6, 6.07) is 76.9. The Morgan fingerprint density at radius 1 is 0.346 bits per heavy atom. The van der Waals surface area contributed by atoms with Crippen molar-refractivity contribution in [1.82, 2.24) is 0 Å². The number of thiophene rings is 2. The summed E-state index contributed by atoms with van der Waals surface area (Å²) in [7, 11) is 0. The molecule has 0 spiro atoms. The average molecular weight is 1090 g/mol. The number of rotatable bonds is 6. The molecule has 4 nitrogen and oxygen atoms in total. The van der Waals surface area contributed by atoms with Crippen molar-refractivity contribution in [3.63, 3.8) is 0 Å². The summed E-state index contributed by atoms with van der Waals surface area (Å²) in [5.41, 5.74) is 19.6. The number of anilines is 6. The van der Waals surface area contributed by atoms with Crippen LogP contribution in [0, 0.1) is 0 Å². The van der Waals surface area contributed by atoms with Gasteiger partial charge in [0, 0.05) is 63.4 Å². The van der Waals surface area contributed by atoms with Crippen LogP contribution in [0.3, 0.4) is 0 Å². The van der Waals surface area contributed by atoms with E-state index in [0.717, 1.165) is 101 Å². The summed E-state index contributed by atoms with van der Waals surface area (Å²) in [4.78, 5) is 7.46. The van der Waals surface area contributed by atoms with Crippen molar-refractivity contribution >= 4 is 122 Å². The van der Waals surface area contributed by atoms with Crippen molar-refractivity contribution in [1.29, 1.82) is 0 Å². The van der Waals surface area contributed by atoms with Crippen molar-refractivity contribution in [2.75, 3.05) is 9.80 Å². The summed E-state index contributed by atoms with van der Waals surface area (Å²) < 4.78 is 17.8. The van der Waals surface area contributed by atoms with E-state index in [1.807, 2.05) is 22.7 Å². The Morgan fingerprint density at radius 2 is 0.753 bits per heavy atom. The van der Waals surface area contributed by atoms with Crippen LogP contribution in [0.1, 0.15) is 79.0 Å². The van der Waals surface area contributed by atoms with Gasteiger partial charge in [-0.05, 0) is 144 Å². The number of benzene rings is 9. The third-order valence-electron chi connectivity index (χ3n) is 17.0. The molecule has 81 heavy (non-hydrogen) atoms. The lowest BCUT2D eigenvalue weighted by molar-refractivity contribution is 0.588. The highest BCUT2D eigenvalue weighted by atomic mass is 32.1. The van der Waals surface area contributed by atoms with Crippen LogP contribution in [0.15, 0.2) is 215 Å². The van der Waals surface area contributed by atoms with Gasteiger partial charge < -0.3 is 8.83 Å². The average Bonchev–Trinajstić information content (AvgIpc) is 4.10. The molecule has 0 saturated heterocycles. The molecule has 6 heterocycles. The summed E-state index contributed by atoms with van der Waals surface area (Å²) in [6.07, 6.45) is 0. The quantitative estimate of drug-likeness (QED) is 0.155. The Balaban J connectivity index is 1.11. The Hall–Kier alpha value is -8.36. The first-order chi connectivity index (χ1) is 39.0. The third kappa shape index (κ3) is 8.06. The van der Waals surface area contributed by atoms with E-state index < -0.39 is 0 Å². The van der Waals surface area contributed by atoms with Crippen molar-refractivity contribution in [3.05, 3.63) is 223 Å². The fraction of sp³-hybridized carbons (Fsp3) is 0.162. The van der Waals surface area contributed by atoms with Crippen LogP contribution in [-0.2, 0) is 16.2 Å². The SMILES string of the molecule is CC(C)(C)c1cc2c3c(c1)N(c1cc(-c4cc5ccccc5s4)ccc1-c1ccccc1)c1oc4ccc(C(C)(C)C)cc4c1B3c1c(oc3ccc(C(C)(C)C)cc13)N2c1cc(-c2cc3ccccc3s2)ccc1-c1ccccc1. The standard InChI is InChI=1S/C74H61BN2O2S2/c1-72(2,3)50-30-34-61-55(40-50)67-70(78-61)76(57-36-48(28-32-53(57)44-20-12-10-13-21-44)65-38-46-24-16-18-26-63(46)80-65)59-42-52(74(7,8)9)43-60-69(59)75(67)68-56-41-51(73(4,5)6)31-35-62(56)79-71(68)77(60)58-37-49(29-33-54(58)45-22-14-11-15-23-45)66-39-47-25-17-19-27-64(47)81-66/h10-43H,1-9H3. The van der Waals surface area contributed by atoms with E-state index in [4.69, 9.17) is 8.83 Å². The molecule has 0 radical (unpaired) electrons. The molecule has 2 aliphatic rings. The number of furan rings is 2. The van der Waals surface area contributed by atoms with Gasteiger partial charge in [0.2, 0.25) is 11.8 Å². The predicted octanol–water partition coefficient (Wildman–Crippen LogP) is 20.3. The fourth-order valence-corrected chi connectivity index (χ4v) is 14.7. The number of hydrogen-bond acceptors (Lipinski definition) is 6. The minimum Gasteiger partial charge on any atom is -0.440 e. The highest BCUT2D eigenvalue weighted by Crippen LogP contribution is 2.54. The van der Waals surface area contributed by atoms with Gasteiger partial charge in [-0.2, -0.15) is 0 Å². The number of fused-ring (bicyclic) bond motifs is 10. The zero-order chi connectivity index (χ0) is 55.3. The molecule has 15 rings (SSSR count). The second-order valence-electron chi connectivity index (χ2n) is 25.3. The fourth-order valence-electron chi connectivity index (χ4n) is 12.6. The molecule has 2 aliphatic heterocycles. The number of nitrogens with zero attached hydrogens (tertiary/aromatic N) is 2. The van der Waals surface area contributed by atoms with Crippen LogP contribution in [0.2, 0.25) is 0 Å². The lowest BCUT2D eigenvalue weighted by atomic mass is 9.33. The van der Waals surface area contributed by atoms with Crippen LogP contribution in [0.5, 0.6) is 0 Å². The van der Waals surface area contributed by atoms with E-state index in [1.54, 1.807) is 0 Å². The van der Waals surface area contributed by atoms with E-state index in [9.17, 15) is 0 Å². The molecule has 394 valence electrons. The first-order valence-electron chi connectivity index (χ1n) is 28.3. The maximum Gasteiger partial charge on any atom is 0.262 e. The lowest BCUT2D eigenvalue weighted by Gasteiger charge is -2.42. The topological polar surface area (TPSA) is 32.8 Å². The van der Waals surface area contributed by atoms with E-state index in [-0.39, 0.29) is 23.0 Å². The van der Waals surface area contributed by atoms with Crippen molar-refractivity contribution in [3.8, 4) is 43.1 Å². The van der Waals surface area contributed by atoms with Crippen LogP contribution in [0.4, 0.5) is 34.5 Å². The summed E-state index contributed by atoms with van der Waals surface area (Å²) in [5.74, 6) is 1.65. The molecule has 0 N–H and O–H groups in total. The monoisotopic (exact) mass is 1080 g/mol. The first kappa shape index (κ1) is 49.7. The molecular weight excluding hydrogens is 1020 g/mol. The first-order valence-corrected chi connectivity index (χ1v) is 30.0. The minimum atomic E-state index is -0.286. The van der Waals surface area contributed by atoms with E-state index in [2.05, 4.69) is 278 Å². The molecule has 4 aromatic heterocycles. The predicted molar refractivity (Wildman–Crippen MR) is 349 cm³/mol. The van der Waals surface area contributed by atoms with Crippen molar-refractivity contribution in [2.45, 2.75) is 78.6 Å². The van der Waals surface area contributed by atoms with E-state index >= 15 is 0 Å². The van der Waals surface area contributed by atoms with Gasteiger partial charge in [0.05, 0.1) is 11.4 Å². The Kier molecular flexibility index (Phi) is 11.1. The summed E-state index contributed by atoms with van der Waals surface area (Å²) >= 11 is 3.69. The zero-order valence-corrected chi connectivity index (χ0v) is 48.9. The molecular formula is C74H61BN2O2S2. The van der Waals surface area contributed by atoms with Crippen LogP contribution < -0.4 is 26.2 Å².